The van der Waals surface area contributed by atoms with E-state index in [1.807, 2.05) is 0 Å². The van der Waals surface area contributed by atoms with Crippen LogP contribution >= 0.6 is 0 Å². The van der Waals surface area contributed by atoms with Gasteiger partial charge in [0.15, 0.2) is 11.6 Å². The van der Waals surface area contributed by atoms with Crippen molar-refractivity contribution in [2.24, 2.45) is 5.41 Å². The fourth-order valence-corrected chi connectivity index (χ4v) is 1.47. The minimum atomic E-state index is -1.07. The van der Waals surface area contributed by atoms with Crippen LogP contribution in [0.15, 0.2) is 18.2 Å². The summed E-state index contributed by atoms with van der Waals surface area (Å²) in [7, 11) is 0. The van der Waals surface area contributed by atoms with Gasteiger partial charge in [0, 0.05) is 13.0 Å². The molecule has 0 heterocycles. The van der Waals surface area contributed by atoms with Crippen molar-refractivity contribution in [2.75, 3.05) is 6.54 Å². The van der Waals surface area contributed by atoms with Crippen LogP contribution in [0.3, 0.4) is 0 Å². The first-order chi connectivity index (χ1) is 9.24. The van der Waals surface area contributed by atoms with Crippen LogP contribution in [0.5, 0.6) is 0 Å². The molecular weight excluding hydrogens is 268 g/mol. The van der Waals surface area contributed by atoms with E-state index >= 15 is 0 Å². The van der Waals surface area contributed by atoms with Crippen molar-refractivity contribution in [3.63, 3.8) is 0 Å². The smallest absolute Gasteiger partial charge is 0.310 e. The van der Waals surface area contributed by atoms with E-state index in [9.17, 15) is 18.4 Å². The molecule has 0 aliphatic heterocycles. The fraction of sp³-hybridized carbons (Fsp3) is 0.429. The Morgan fingerprint density at radius 3 is 2.55 bits per heavy atom. The van der Waals surface area contributed by atoms with Gasteiger partial charge in [0.25, 0.3) is 0 Å². The summed E-state index contributed by atoms with van der Waals surface area (Å²) >= 11 is 0. The third-order valence-corrected chi connectivity index (χ3v) is 2.96. The maximum absolute atomic E-state index is 13.3. The highest BCUT2D eigenvalue weighted by atomic mass is 19.2. The molecule has 0 spiro atoms. The van der Waals surface area contributed by atoms with Gasteiger partial charge in [0.2, 0.25) is 5.91 Å². The lowest BCUT2D eigenvalue weighted by molar-refractivity contribution is -0.146. The zero-order valence-electron chi connectivity index (χ0n) is 11.4. The zero-order valence-corrected chi connectivity index (χ0v) is 11.4. The average Bonchev–Trinajstić information content (AvgIpc) is 2.38. The highest BCUT2D eigenvalue weighted by Gasteiger charge is 2.27. The SMILES string of the molecule is CC(C)(CNC(=O)CCc1cccc(F)c1F)C(=O)O. The van der Waals surface area contributed by atoms with Gasteiger partial charge in [-0.2, -0.15) is 0 Å². The molecule has 2 N–H and O–H groups in total. The number of benzene rings is 1. The molecule has 0 radical (unpaired) electrons. The van der Waals surface area contributed by atoms with E-state index < -0.39 is 28.9 Å². The number of carbonyl (C=O) groups is 2. The summed E-state index contributed by atoms with van der Waals surface area (Å²) in [4.78, 5) is 22.4. The summed E-state index contributed by atoms with van der Waals surface area (Å²) < 4.78 is 26.3. The van der Waals surface area contributed by atoms with Crippen molar-refractivity contribution >= 4 is 11.9 Å². The second kappa shape index (κ2) is 6.45. The molecule has 0 fully saturated rings. The van der Waals surface area contributed by atoms with Crippen molar-refractivity contribution in [3.8, 4) is 0 Å². The number of carboxylic acid groups (broad SMARTS) is 1. The number of aliphatic carboxylic acids is 1. The first kappa shape index (κ1) is 16.1. The molecular formula is C14H17F2NO3. The van der Waals surface area contributed by atoms with Crippen LogP contribution < -0.4 is 5.32 Å². The molecule has 20 heavy (non-hydrogen) atoms. The molecule has 0 aromatic heterocycles. The van der Waals surface area contributed by atoms with Gasteiger partial charge in [-0.15, -0.1) is 0 Å². The van der Waals surface area contributed by atoms with E-state index in [1.54, 1.807) is 0 Å². The van der Waals surface area contributed by atoms with E-state index in [1.165, 1.54) is 26.0 Å². The Morgan fingerprint density at radius 2 is 1.95 bits per heavy atom. The second-order valence-corrected chi connectivity index (χ2v) is 5.18. The lowest BCUT2D eigenvalue weighted by atomic mass is 9.94. The van der Waals surface area contributed by atoms with E-state index in [0.29, 0.717) is 0 Å². The topological polar surface area (TPSA) is 66.4 Å². The summed E-state index contributed by atoms with van der Waals surface area (Å²) in [5, 5.41) is 11.4. The van der Waals surface area contributed by atoms with Crippen LogP contribution in [-0.4, -0.2) is 23.5 Å². The van der Waals surface area contributed by atoms with Crippen LogP contribution in [0.2, 0.25) is 0 Å². The Hall–Kier alpha value is -1.98. The van der Waals surface area contributed by atoms with Gasteiger partial charge in [-0.05, 0) is 31.9 Å². The average molecular weight is 285 g/mol. The Bertz CT molecular complexity index is 515. The number of carboxylic acids is 1. The van der Waals surface area contributed by atoms with Crippen molar-refractivity contribution < 1.29 is 23.5 Å². The molecule has 0 bridgehead atoms. The monoisotopic (exact) mass is 285 g/mol. The summed E-state index contributed by atoms with van der Waals surface area (Å²) in [6.07, 6.45) is 0.0268. The van der Waals surface area contributed by atoms with Gasteiger partial charge in [0.1, 0.15) is 0 Å². The highest BCUT2D eigenvalue weighted by molar-refractivity contribution is 5.78. The molecule has 1 aromatic carbocycles. The second-order valence-electron chi connectivity index (χ2n) is 5.18. The Morgan fingerprint density at radius 1 is 1.30 bits per heavy atom. The van der Waals surface area contributed by atoms with Crippen molar-refractivity contribution in [2.45, 2.75) is 26.7 Å². The quantitative estimate of drug-likeness (QED) is 0.841. The number of hydrogen-bond acceptors (Lipinski definition) is 2. The normalized spacial score (nSPS) is 11.2. The van der Waals surface area contributed by atoms with Crippen LogP contribution in [0, 0.1) is 17.0 Å². The van der Waals surface area contributed by atoms with Crippen molar-refractivity contribution in [1.29, 1.82) is 0 Å². The van der Waals surface area contributed by atoms with Crippen LogP contribution in [0.25, 0.3) is 0 Å². The fourth-order valence-electron chi connectivity index (χ4n) is 1.47. The molecule has 4 nitrogen and oxygen atoms in total. The maximum atomic E-state index is 13.3. The number of rotatable bonds is 6. The summed E-state index contributed by atoms with van der Waals surface area (Å²) in [5.41, 5.74) is -0.947. The number of aryl methyl sites for hydroxylation is 1. The van der Waals surface area contributed by atoms with Gasteiger partial charge >= 0.3 is 5.97 Å². The van der Waals surface area contributed by atoms with Crippen LogP contribution in [-0.2, 0) is 16.0 Å². The lowest BCUT2D eigenvalue weighted by Crippen LogP contribution is -2.38. The molecule has 1 aromatic rings. The molecule has 0 atom stereocenters. The molecule has 0 saturated heterocycles. The van der Waals surface area contributed by atoms with Crippen molar-refractivity contribution in [1.82, 2.24) is 5.32 Å². The molecule has 1 amide bonds. The maximum Gasteiger partial charge on any atom is 0.310 e. The van der Waals surface area contributed by atoms with Gasteiger partial charge in [0.05, 0.1) is 5.41 Å². The Balaban J connectivity index is 2.48. The predicted molar refractivity (Wildman–Crippen MR) is 69.1 cm³/mol. The zero-order chi connectivity index (χ0) is 15.3. The van der Waals surface area contributed by atoms with Gasteiger partial charge in [-0.3, -0.25) is 9.59 Å². The minimum Gasteiger partial charge on any atom is -0.481 e. The summed E-state index contributed by atoms with van der Waals surface area (Å²) in [6.45, 7) is 2.95. The van der Waals surface area contributed by atoms with Gasteiger partial charge < -0.3 is 10.4 Å². The summed E-state index contributed by atoms with van der Waals surface area (Å²) in [6, 6.07) is 3.79. The van der Waals surface area contributed by atoms with Gasteiger partial charge in [-0.1, -0.05) is 12.1 Å². The number of carbonyl (C=O) groups excluding carboxylic acids is 1. The highest BCUT2D eigenvalue weighted by Crippen LogP contribution is 2.15. The van der Waals surface area contributed by atoms with Gasteiger partial charge in [-0.25, -0.2) is 8.78 Å². The molecule has 0 aliphatic rings. The van der Waals surface area contributed by atoms with E-state index in [4.69, 9.17) is 5.11 Å². The van der Waals surface area contributed by atoms with E-state index in [2.05, 4.69) is 5.32 Å². The molecule has 0 unspecified atom stereocenters. The third kappa shape index (κ3) is 4.29. The largest absolute Gasteiger partial charge is 0.481 e. The first-order valence-electron chi connectivity index (χ1n) is 6.17. The van der Waals surface area contributed by atoms with Crippen LogP contribution in [0.1, 0.15) is 25.8 Å². The number of nitrogens with one attached hydrogen (secondary N) is 1. The Labute approximate surface area is 115 Å². The number of hydrogen-bond donors (Lipinski definition) is 2. The predicted octanol–water partition coefficient (Wildman–Crippen LogP) is 2.12. The molecule has 0 aliphatic carbocycles. The van der Waals surface area contributed by atoms with E-state index in [-0.39, 0.29) is 24.9 Å². The van der Waals surface area contributed by atoms with E-state index in [0.717, 1.165) is 6.07 Å². The molecule has 110 valence electrons. The third-order valence-electron chi connectivity index (χ3n) is 2.96. The lowest BCUT2D eigenvalue weighted by Gasteiger charge is -2.19. The van der Waals surface area contributed by atoms with Crippen molar-refractivity contribution in [3.05, 3.63) is 35.4 Å². The minimum absolute atomic E-state index is 0.0210. The number of amides is 1. The molecule has 6 heteroatoms. The standard InChI is InChI=1S/C14H17F2NO3/c1-14(2,13(19)20)8-17-11(18)7-6-9-4-3-5-10(15)12(9)16/h3-5H,6-8H2,1-2H3,(H,17,18)(H,19,20). The molecule has 1 rings (SSSR count). The first-order valence-corrected chi connectivity index (χ1v) is 6.17. The number of halogens is 2. The Kier molecular flexibility index (Phi) is 5.19. The summed E-state index contributed by atoms with van der Waals surface area (Å²) in [5.74, 6) is -3.32. The van der Waals surface area contributed by atoms with Crippen LogP contribution in [0.4, 0.5) is 8.78 Å². The molecule has 0 saturated carbocycles.